The lowest BCUT2D eigenvalue weighted by Crippen LogP contribution is -2.61. The summed E-state index contributed by atoms with van der Waals surface area (Å²) in [7, 11) is 0. The fourth-order valence-corrected chi connectivity index (χ4v) is 3.29. The van der Waals surface area contributed by atoms with E-state index in [1.54, 1.807) is 0 Å². The van der Waals surface area contributed by atoms with E-state index in [1.807, 2.05) is 0 Å². The molecule has 2 aliphatic rings. The molecule has 2 fully saturated rings. The van der Waals surface area contributed by atoms with Crippen molar-refractivity contribution in [1.29, 1.82) is 0 Å². The van der Waals surface area contributed by atoms with Gasteiger partial charge in [-0.2, -0.15) is 13.2 Å². The van der Waals surface area contributed by atoms with Gasteiger partial charge in [0.1, 0.15) is 12.7 Å². The summed E-state index contributed by atoms with van der Waals surface area (Å²) in [4.78, 5) is 21.4. The molecular weight excluding hydrogens is 455 g/mol. The van der Waals surface area contributed by atoms with Crippen LogP contribution in [-0.2, 0) is 15.7 Å². The Morgan fingerprint density at radius 3 is 2.76 bits per heavy atom. The highest BCUT2D eigenvalue weighted by molar-refractivity contribution is 5.84. The third kappa shape index (κ3) is 4.61. The van der Waals surface area contributed by atoms with E-state index in [2.05, 4.69) is 25.2 Å². The van der Waals surface area contributed by atoms with Gasteiger partial charge in [0.25, 0.3) is 0 Å². The Balaban J connectivity index is 1.44. The van der Waals surface area contributed by atoms with E-state index in [4.69, 9.17) is 19.3 Å². The van der Waals surface area contributed by atoms with Crippen molar-refractivity contribution in [3.8, 4) is 5.88 Å². The lowest BCUT2D eigenvalue weighted by molar-refractivity contribution is -0.231. The normalized spacial score (nSPS) is 29.4. The van der Waals surface area contributed by atoms with Crippen LogP contribution in [-0.4, -0.2) is 85.0 Å². The SMILES string of the molecule is O=C(O)c1ccc(OC[C@@]23CO[C@@H](O2)C(C=Nc2cncc(C(F)(F)F)n2)[C@@H](O)[C@H]3O)nn1. The molecule has 0 radical (unpaired) electrons. The lowest BCUT2D eigenvalue weighted by atomic mass is 9.85. The van der Waals surface area contributed by atoms with Gasteiger partial charge in [-0.25, -0.2) is 14.8 Å². The van der Waals surface area contributed by atoms with Crippen LogP contribution in [0.4, 0.5) is 19.0 Å². The first-order valence-corrected chi connectivity index (χ1v) is 9.38. The van der Waals surface area contributed by atoms with Crippen LogP contribution in [0.2, 0.25) is 0 Å². The number of nitrogens with zero attached hydrogens (tertiary/aromatic N) is 5. The lowest BCUT2D eigenvalue weighted by Gasteiger charge is -2.41. The number of aliphatic hydroxyl groups is 2. The third-order valence-electron chi connectivity index (χ3n) is 5.03. The van der Waals surface area contributed by atoms with Crippen molar-refractivity contribution in [2.24, 2.45) is 10.9 Å². The predicted octanol–water partition coefficient (Wildman–Crippen LogP) is 0.228. The average molecular weight is 471 g/mol. The number of aliphatic imine (C=N–C) groups is 1. The van der Waals surface area contributed by atoms with Gasteiger partial charge in [-0.05, 0) is 6.07 Å². The van der Waals surface area contributed by atoms with Crippen molar-refractivity contribution in [3.05, 3.63) is 35.9 Å². The maximum absolute atomic E-state index is 12.8. The van der Waals surface area contributed by atoms with E-state index in [-0.39, 0.29) is 30.6 Å². The minimum atomic E-state index is -4.70. The van der Waals surface area contributed by atoms with Gasteiger partial charge < -0.3 is 29.5 Å². The number of fused-ring (bicyclic) bond motifs is 2. The van der Waals surface area contributed by atoms with Crippen molar-refractivity contribution in [3.63, 3.8) is 0 Å². The summed E-state index contributed by atoms with van der Waals surface area (Å²) in [6.07, 6.45) is -6.12. The predicted molar refractivity (Wildman–Crippen MR) is 98.7 cm³/mol. The van der Waals surface area contributed by atoms with E-state index in [0.717, 1.165) is 12.4 Å². The number of alkyl halides is 3. The molecule has 0 aromatic carbocycles. The highest BCUT2D eigenvalue weighted by atomic mass is 19.4. The Morgan fingerprint density at radius 2 is 2.09 bits per heavy atom. The molecule has 0 saturated carbocycles. The fraction of sp³-hybridized carbons (Fsp3) is 0.444. The second-order valence-corrected chi connectivity index (χ2v) is 7.26. The van der Waals surface area contributed by atoms with Crippen LogP contribution in [0, 0.1) is 5.92 Å². The van der Waals surface area contributed by atoms with Crippen LogP contribution in [0.25, 0.3) is 0 Å². The molecule has 12 nitrogen and oxygen atoms in total. The molecule has 2 aromatic rings. The van der Waals surface area contributed by atoms with Gasteiger partial charge in [-0.3, -0.25) is 4.98 Å². The molecule has 2 aromatic heterocycles. The van der Waals surface area contributed by atoms with Crippen molar-refractivity contribution >= 4 is 18.0 Å². The monoisotopic (exact) mass is 471 g/mol. The van der Waals surface area contributed by atoms with Gasteiger partial charge in [-0.1, -0.05) is 0 Å². The summed E-state index contributed by atoms with van der Waals surface area (Å²) in [6, 6.07) is 2.43. The van der Waals surface area contributed by atoms with E-state index < -0.39 is 47.9 Å². The number of aliphatic hydroxyl groups excluding tert-OH is 2. The number of aromatic nitrogens is 4. The van der Waals surface area contributed by atoms with Crippen molar-refractivity contribution in [2.45, 2.75) is 30.3 Å². The first-order valence-electron chi connectivity index (χ1n) is 9.38. The Bertz CT molecular complexity index is 1050. The van der Waals surface area contributed by atoms with Crippen LogP contribution in [0.15, 0.2) is 29.5 Å². The molecule has 2 saturated heterocycles. The summed E-state index contributed by atoms with van der Waals surface area (Å²) in [6.45, 7) is -0.490. The van der Waals surface area contributed by atoms with Crippen LogP contribution >= 0.6 is 0 Å². The first-order chi connectivity index (χ1) is 15.6. The van der Waals surface area contributed by atoms with Crippen LogP contribution < -0.4 is 4.74 Å². The van der Waals surface area contributed by atoms with E-state index in [0.29, 0.717) is 6.20 Å². The largest absolute Gasteiger partial charge is 0.476 e. The Labute approximate surface area is 182 Å². The Morgan fingerprint density at radius 1 is 1.30 bits per heavy atom. The molecule has 176 valence electrons. The number of carbonyl (C=O) groups is 1. The number of hydrogen-bond donors (Lipinski definition) is 3. The second kappa shape index (κ2) is 8.58. The first kappa shape index (κ1) is 22.9. The van der Waals surface area contributed by atoms with Gasteiger partial charge in [0.2, 0.25) is 5.88 Å². The fourth-order valence-electron chi connectivity index (χ4n) is 3.29. The molecular formula is C18H16F3N5O7. The van der Waals surface area contributed by atoms with Gasteiger partial charge in [0.05, 0.1) is 31.0 Å². The topological polar surface area (TPSA) is 169 Å². The highest BCUT2D eigenvalue weighted by Gasteiger charge is 2.59. The number of hydrogen-bond acceptors (Lipinski definition) is 11. The van der Waals surface area contributed by atoms with Crippen LogP contribution in [0.3, 0.4) is 0 Å². The smallest absolute Gasteiger partial charge is 0.434 e. The quantitative estimate of drug-likeness (QED) is 0.493. The van der Waals surface area contributed by atoms with E-state index in [9.17, 15) is 28.2 Å². The van der Waals surface area contributed by atoms with Crippen LogP contribution in [0.5, 0.6) is 5.88 Å². The van der Waals surface area contributed by atoms with Crippen molar-refractivity contribution in [1.82, 2.24) is 20.2 Å². The summed E-state index contributed by atoms with van der Waals surface area (Å²) in [5.74, 6) is -2.69. The summed E-state index contributed by atoms with van der Waals surface area (Å²) >= 11 is 0. The molecule has 15 heteroatoms. The number of carboxylic acid groups (broad SMARTS) is 1. The summed E-state index contributed by atoms with van der Waals surface area (Å²) in [5.41, 5.74) is -3.00. The highest BCUT2D eigenvalue weighted by Crippen LogP contribution is 2.40. The van der Waals surface area contributed by atoms with Gasteiger partial charge in [0.15, 0.2) is 29.1 Å². The second-order valence-electron chi connectivity index (χ2n) is 7.26. The summed E-state index contributed by atoms with van der Waals surface area (Å²) < 4.78 is 55.0. The molecule has 33 heavy (non-hydrogen) atoms. The molecule has 4 heterocycles. The zero-order valence-electron chi connectivity index (χ0n) is 16.5. The molecule has 5 atom stereocenters. The van der Waals surface area contributed by atoms with E-state index in [1.165, 1.54) is 12.1 Å². The zero-order chi connectivity index (χ0) is 23.8. The Hall–Kier alpha value is -3.27. The molecule has 3 N–H and O–H groups in total. The van der Waals surface area contributed by atoms with Gasteiger partial charge >= 0.3 is 12.1 Å². The summed E-state index contributed by atoms with van der Waals surface area (Å²) in [5, 5.41) is 37.1. The molecule has 0 aliphatic carbocycles. The number of ether oxygens (including phenoxy) is 3. The zero-order valence-corrected chi connectivity index (χ0v) is 16.5. The minimum Gasteiger partial charge on any atom is -0.476 e. The van der Waals surface area contributed by atoms with Crippen molar-refractivity contribution < 1.29 is 47.5 Å². The maximum atomic E-state index is 12.8. The molecule has 0 spiro atoms. The minimum absolute atomic E-state index is 0.0464. The van der Waals surface area contributed by atoms with Crippen molar-refractivity contribution in [2.75, 3.05) is 13.2 Å². The number of halogens is 3. The van der Waals surface area contributed by atoms with Gasteiger partial charge in [0, 0.05) is 12.3 Å². The standard InChI is InChI=1S/C18H16F3N5O7/c19-18(20,21)10-4-22-5-11(24-10)23-3-8-13(27)14(28)17(7-32-16(8)33-17)6-31-12-2-1-9(15(29)30)25-26-12/h1-5,8,13-14,16,27-28H,6-7H2,(H,29,30)/t8?,13-,14-,16+,17+/m1/s1. The average Bonchev–Trinajstić information content (AvgIpc) is 3.18. The third-order valence-corrected chi connectivity index (χ3v) is 5.03. The number of carboxylic acids is 1. The Kier molecular flexibility index (Phi) is 5.96. The molecule has 0 amide bonds. The number of aromatic carboxylic acids is 1. The molecule has 1 unspecified atom stereocenters. The molecule has 2 bridgehead atoms. The number of rotatable bonds is 6. The van der Waals surface area contributed by atoms with Crippen LogP contribution in [0.1, 0.15) is 16.2 Å². The molecule has 4 rings (SSSR count). The molecule has 2 aliphatic heterocycles. The van der Waals surface area contributed by atoms with Gasteiger partial charge in [-0.15, -0.1) is 10.2 Å². The maximum Gasteiger partial charge on any atom is 0.434 e. The van der Waals surface area contributed by atoms with E-state index >= 15 is 0 Å².